The predicted octanol–water partition coefficient (Wildman–Crippen LogP) is 2.14. The van der Waals surface area contributed by atoms with E-state index in [-0.39, 0.29) is 5.91 Å². The topological polar surface area (TPSA) is 71.8 Å². The van der Waals surface area contributed by atoms with Crippen LogP contribution < -0.4 is 14.2 Å². The fraction of sp³-hybridized carbons (Fsp3) is 0.467. The van der Waals surface area contributed by atoms with Gasteiger partial charge in [0.25, 0.3) is 5.91 Å². The summed E-state index contributed by atoms with van der Waals surface area (Å²) in [6.45, 7) is 2.47. The van der Waals surface area contributed by atoms with Crippen molar-refractivity contribution in [3.8, 4) is 23.3 Å². The van der Waals surface area contributed by atoms with E-state index in [4.69, 9.17) is 14.2 Å². The van der Waals surface area contributed by atoms with Gasteiger partial charge in [0, 0.05) is 12.1 Å². The molecule has 1 aromatic rings. The first kappa shape index (κ1) is 15.0. The lowest BCUT2D eigenvalue weighted by Gasteiger charge is -2.20. The van der Waals surface area contributed by atoms with Gasteiger partial charge in [-0.25, -0.2) is 0 Å². The third-order valence-corrected chi connectivity index (χ3v) is 3.53. The number of amides is 1. The number of hydrogen-bond donors (Lipinski definition) is 0. The van der Waals surface area contributed by atoms with Gasteiger partial charge >= 0.3 is 0 Å². The molecule has 0 radical (unpaired) electrons. The lowest BCUT2D eigenvalue weighted by molar-refractivity contribution is 0.0757. The summed E-state index contributed by atoms with van der Waals surface area (Å²) in [5.74, 6) is 1.00. The number of methoxy groups -OCH3 is 3. The molecule has 0 N–H and O–H groups in total. The summed E-state index contributed by atoms with van der Waals surface area (Å²) in [7, 11) is 4.47. The van der Waals surface area contributed by atoms with E-state index in [0.717, 1.165) is 6.42 Å². The number of carbonyl (C=O) groups is 1. The van der Waals surface area contributed by atoms with Crippen molar-refractivity contribution in [3.63, 3.8) is 0 Å². The van der Waals surface area contributed by atoms with Gasteiger partial charge in [0.2, 0.25) is 5.75 Å². The molecule has 2 rings (SSSR count). The molecule has 1 amide bonds. The van der Waals surface area contributed by atoms with Crippen molar-refractivity contribution in [3.05, 3.63) is 17.2 Å². The molecule has 1 atom stereocenters. The van der Waals surface area contributed by atoms with Crippen molar-refractivity contribution in [2.75, 3.05) is 27.9 Å². The van der Waals surface area contributed by atoms with Crippen molar-refractivity contribution >= 4 is 5.91 Å². The first-order chi connectivity index (χ1) is 10.1. The van der Waals surface area contributed by atoms with Gasteiger partial charge in [-0.2, -0.15) is 5.26 Å². The zero-order valence-electron chi connectivity index (χ0n) is 12.6. The summed E-state index contributed by atoms with van der Waals surface area (Å²) in [5.41, 5.74) is 0.987. The Kier molecular flexibility index (Phi) is 4.22. The number of nitrogens with zero attached hydrogens (tertiary/aromatic N) is 2. The van der Waals surface area contributed by atoms with Gasteiger partial charge in [-0.1, -0.05) is 6.92 Å². The Morgan fingerprint density at radius 2 is 1.90 bits per heavy atom. The summed E-state index contributed by atoms with van der Waals surface area (Å²) in [6, 6.07) is 3.12. The molecular formula is C15H18N2O4. The highest BCUT2D eigenvalue weighted by molar-refractivity contribution is 6.01. The molecule has 1 aliphatic rings. The van der Waals surface area contributed by atoms with Crippen molar-refractivity contribution in [1.29, 1.82) is 5.26 Å². The standard InChI is InChI=1S/C15H18N2O4/c1-5-6-17-10(8-16)12-9(15(17)18)7-11(19-2)13(20-3)14(12)21-4/h7,10H,5-6H2,1-4H3. The maximum Gasteiger partial charge on any atom is 0.255 e. The minimum atomic E-state index is -0.665. The highest BCUT2D eigenvalue weighted by Crippen LogP contribution is 2.49. The van der Waals surface area contributed by atoms with Crippen LogP contribution in [0, 0.1) is 11.3 Å². The van der Waals surface area contributed by atoms with Crippen LogP contribution in [-0.2, 0) is 0 Å². The molecule has 0 aromatic heterocycles. The van der Waals surface area contributed by atoms with Gasteiger partial charge in [-0.3, -0.25) is 4.79 Å². The molecule has 1 aliphatic heterocycles. The summed E-state index contributed by atoms with van der Waals surface area (Å²) >= 11 is 0. The van der Waals surface area contributed by atoms with Crippen molar-refractivity contribution in [2.24, 2.45) is 0 Å². The lowest BCUT2D eigenvalue weighted by atomic mass is 10.0. The second-order valence-electron chi connectivity index (χ2n) is 4.64. The van der Waals surface area contributed by atoms with E-state index in [0.29, 0.717) is 34.9 Å². The van der Waals surface area contributed by atoms with Crippen LogP contribution in [0.1, 0.15) is 35.3 Å². The van der Waals surface area contributed by atoms with Crippen LogP contribution in [0.25, 0.3) is 0 Å². The summed E-state index contributed by atoms with van der Waals surface area (Å²) < 4.78 is 16.0. The van der Waals surface area contributed by atoms with Crippen LogP contribution in [-0.4, -0.2) is 38.7 Å². The molecule has 6 heteroatoms. The normalized spacial score (nSPS) is 16.4. The Morgan fingerprint density at radius 3 is 2.38 bits per heavy atom. The summed E-state index contributed by atoms with van der Waals surface area (Å²) in [5, 5.41) is 9.47. The zero-order chi connectivity index (χ0) is 15.6. The van der Waals surface area contributed by atoms with Crippen LogP contribution in [0.15, 0.2) is 6.07 Å². The van der Waals surface area contributed by atoms with Gasteiger partial charge in [-0.15, -0.1) is 0 Å². The molecule has 1 aromatic carbocycles. The lowest BCUT2D eigenvalue weighted by Crippen LogP contribution is -2.28. The van der Waals surface area contributed by atoms with E-state index in [1.165, 1.54) is 21.3 Å². The molecule has 1 unspecified atom stereocenters. The average molecular weight is 290 g/mol. The van der Waals surface area contributed by atoms with Crippen LogP contribution in [0.3, 0.4) is 0 Å². The van der Waals surface area contributed by atoms with E-state index in [2.05, 4.69) is 6.07 Å². The molecule has 6 nitrogen and oxygen atoms in total. The van der Waals surface area contributed by atoms with Gasteiger partial charge in [0.05, 0.1) is 33.0 Å². The van der Waals surface area contributed by atoms with Crippen LogP contribution in [0.2, 0.25) is 0 Å². The third-order valence-electron chi connectivity index (χ3n) is 3.53. The SMILES string of the molecule is CCCN1C(=O)c2cc(OC)c(OC)c(OC)c2C1C#N. The predicted molar refractivity (Wildman–Crippen MR) is 75.8 cm³/mol. The van der Waals surface area contributed by atoms with Gasteiger partial charge < -0.3 is 19.1 Å². The maximum atomic E-state index is 12.5. The van der Waals surface area contributed by atoms with Gasteiger partial charge in [0.15, 0.2) is 11.5 Å². The molecule has 112 valence electrons. The second-order valence-corrected chi connectivity index (χ2v) is 4.64. The average Bonchev–Trinajstić information content (AvgIpc) is 2.77. The molecule has 0 bridgehead atoms. The quantitative estimate of drug-likeness (QED) is 0.830. The number of benzene rings is 1. The number of fused-ring (bicyclic) bond motifs is 1. The van der Waals surface area contributed by atoms with Gasteiger partial charge in [-0.05, 0) is 12.5 Å². The highest BCUT2D eigenvalue weighted by atomic mass is 16.5. The highest BCUT2D eigenvalue weighted by Gasteiger charge is 2.41. The molecule has 21 heavy (non-hydrogen) atoms. The fourth-order valence-corrected chi connectivity index (χ4v) is 2.66. The fourth-order valence-electron chi connectivity index (χ4n) is 2.66. The number of hydrogen-bond acceptors (Lipinski definition) is 5. The van der Waals surface area contributed by atoms with Crippen LogP contribution in [0.5, 0.6) is 17.2 Å². The molecular weight excluding hydrogens is 272 g/mol. The smallest absolute Gasteiger partial charge is 0.255 e. The molecule has 0 fully saturated rings. The van der Waals surface area contributed by atoms with Crippen LogP contribution >= 0.6 is 0 Å². The number of carbonyl (C=O) groups excluding carboxylic acids is 1. The third kappa shape index (κ3) is 2.15. The van der Waals surface area contributed by atoms with Crippen molar-refractivity contribution < 1.29 is 19.0 Å². The van der Waals surface area contributed by atoms with Crippen molar-refractivity contribution in [2.45, 2.75) is 19.4 Å². The minimum absolute atomic E-state index is 0.183. The molecule has 0 aliphatic carbocycles. The number of ether oxygens (including phenoxy) is 3. The largest absolute Gasteiger partial charge is 0.493 e. The Balaban J connectivity index is 2.71. The Hall–Kier alpha value is -2.42. The molecule has 0 saturated carbocycles. The van der Waals surface area contributed by atoms with Crippen LogP contribution in [0.4, 0.5) is 0 Å². The second kappa shape index (κ2) is 5.92. The molecule has 0 spiro atoms. The van der Waals surface area contributed by atoms with E-state index < -0.39 is 6.04 Å². The molecule has 0 saturated heterocycles. The number of nitriles is 1. The Bertz CT molecular complexity index is 607. The monoisotopic (exact) mass is 290 g/mol. The summed E-state index contributed by atoms with van der Waals surface area (Å²) in [6.07, 6.45) is 0.772. The first-order valence-electron chi connectivity index (χ1n) is 6.67. The van der Waals surface area contributed by atoms with E-state index in [9.17, 15) is 10.1 Å². The zero-order valence-corrected chi connectivity index (χ0v) is 12.6. The minimum Gasteiger partial charge on any atom is -0.493 e. The number of rotatable bonds is 5. The van der Waals surface area contributed by atoms with E-state index >= 15 is 0 Å². The Labute approximate surface area is 123 Å². The Morgan fingerprint density at radius 1 is 1.24 bits per heavy atom. The summed E-state index contributed by atoms with van der Waals surface area (Å²) in [4.78, 5) is 14.1. The first-order valence-corrected chi connectivity index (χ1v) is 6.67. The van der Waals surface area contributed by atoms with Crippen molar-refractivity contribution in [1.82, 2.24) is 4.90 Å². The van der Waals surface area contributed by atoms with E-state index in [1.54, 1.807) is 11.0 Å². The van der Waals surface area contributed by atoms with E-state index in [1.807, 2.05) is 6.92 Å². The molecule has 1 heterocycles. The van der Waals surface area contributed by atoms with Gasteiger partial charge in [0.1, 0.15) is 6.04 Å². The maximum absolute atomic E-state index is 12.5.